The Morgan fingerprint density at radius 3 is 2.21 bits per heavy atom. The maximum Gasteiger partial charge on any atom is 0.164 e. The second-order valence-corrected chi connectivity index (χ2v) is 8.08. The van der Waals surface area contributed by atoms with Gasteiger partial charge in [0.05, 0.1) is 14.2 Å². The summed E-state index contributed by atoms with van der Waals surface area (Å²) in [5.74, 6) is 4.36. The fourth-order valence-corrected chi connectivity index (χ4v) is 5.22. The van der Waals surface area contributed by atoms with Crippen molar-refractivity contribution in [2.24, 2.45) is 5.92 Å². The van der Waals surface area contributed by atoms with E-state index < -0.39 is 0 Å². The summed E-state index contributed by atoms with van der Waals surface area (Å²) in [4.78, 5) is 0. The van der Waals surface area contributed by atoms with Gasteiger partial charge < -0.3 is 9.47 Å². The lowest BCUT2D eigenvalue weighted by atomic mass is 9.62. The number of allylic oxidation sites excluding steroid dienone is 2. The van der Waals surface area contributed by atoms with Crippen LogP contribution in [0.1, 0.15) is 87.0 Å². The molecule has 2 aliphatic carbocycles. The molecule has 2 nitrogen and oxygen atoms in total. The number of hydrogen-bond acceptors (Lipinski definition) is 2. The fraction of sp³-hybridized carbons (Fsp3) is 0.636. The van der Waals surface area contributed by atoms with Crippen LogP contribution in [-0.2, 0) is 0 Å². The number of benzene rings is 1. The monoisotopic (exact) mass is 328 g/mol. The van der Waals surface area contributed by atoms with Crippen molar-refractivity contribution >= 4 is 0 Å². The molecule has 2 heteroatoms. The molecular weight excluding hydrogens is 296 g/mol. The third kappa shape index (κ3) is 2.55. The van der Waals surface area contributed by atoms with Crippen LogP contribution < -0.4 is 9.47 Å². The molecule has 0 heterocycles. The van der Waals surface area contributed by atoms with Crippen LogP contribution >= 0.6 is 0 Å². The molecule has 4 atom stereocenters. The molecule has 0 spiro atoms. The van der Waals surface area contributed by atoms with Gasteiger partial charge in [0.15, 0.2) is 11.5 Å². The van der Waals surface area contributed by atoms with E-state index in [0.29, 0.717) is 17.8 Å². The normalized spacial score (nSPS) is 28.1. The van der Waals surface area contributed by atoms with Crippen LogP contribution in [0.2, 0.25) is 0 Å². The summed E-state index contributed by atoms with van der Waals surface area (Å²) in [6.45, 7) is 11.4. The quantitative estimate of drug-likeness (QED) is 0.626. The molecule has 24 heavy (non-hydrogen) atoms. The predicted molar refractivity (Wildman–Crippen MR) is 101 cm³/mol. The zero-order valence-electron chi connectivity index (χ0n) is 16.3. The first-order valence-corrected chi connectivity index (χ1v) is 9.33. The molecule has 1 aromatic carbocycles. The van der Waals surface area contributed by atoms with E-state index in [0.717, 1.165) is 17.4 Å². The van der Waals surface area contributed by atoms with Crippen molar-refractivity contribution in [2.45, 2.75) is 71.6 Å². The van der Waals surface area contributed by atoms with E-state index in [-0.39, 0.29) is 0 Å². The highest BCUT2D eigenvalue weighted by Gasteiger charge is 2.41. The zero-order chi connectivity index (χ0) is 17.6. The highest BCUT2D eigenvalue weighted by atomic mass is 16.5. The Hall–Kier alpha value is -1.44. The molecule has 0 radical (unpaired) electrons. The van der Waals surface area contributed by atoms with E-state index in [1.165, 1.54) is 41.5 Å². The average Bonchev–Trinajstić information content (AvgIpc) is 2.52. The summed E-state index contributed by atoms with van der Waals surface area (Å²) in [5, 5.41) is 0. The Bertz CT molecular complexity index is 667. The largest absolute Gasteiger partial charge is 0.493 e. The van der Waals surface area contributed by atoms with E-state index in [4.69, 9.17) is 9.47 Å². The number of rotatable bonds is 3. The second-order valence-electron chi connectivity index (χ2n) is 8.08. The topological polar surface area (TPSA) is 18.5 Å². The van der Waals surface area contributed by atoms with Gasteiger partial charge in [-0.2, -0.15) is 0 Å². The molecule has 0 N–H and O–H groups in total. The van der Waals surface area contributed by atoms with Crippen molar-refractivity contribution in [3.63, 3.8) is 0 Å². The molecule has 3 rings (SSSR count). The summed E-state index contributed by atoms with van der Waals surface area (Å²) >= 11 is 0. The lowest BCUT2D eigenvalue weighted by molar-refractivity contribution is 0.308. The first kappa shape index (κ1) is 17.4. The molecule has 0 fully saturated rings. The third-order valence-electron chi connectivity index (χ3n) is 6.18. The van der Waals surface area contributed by atoms with Gasteiger partial charge in [0.25, 0.3) is 0 Å². The van der Waals surface area contributed by atoms with Crippen molar-refractivity contribution in [1.82, 2.24) is 0 Å². The molecule has 0 unspecified atom stereocenters. The first-order chi connectivity index (χ1) is 11.4. The molecule has 0 aliphatic heterocycles. The van der Waals surface area contributed by atoms with Gasteiger partial charge in [0, 0.05) is 11.5 Å². The van der Waals surface area contributed by atoms with E-state index in [2.05, 4.69) is 40.7 Å². The number of methoxy groups -OCH3 is 2. The SMILES string of the molecule is COc1c(C)c2c3c(c1OC)[C@@H](C)CC[C@@H]3[C@@H](C)C[C@@H]2C=C(C)C. The van der Waals surface area contributed by atoms with Crippen molar-refractivity contribution in [2.75, 3.05) is 14.2 Å². The Morgan fingerprint density at radius 2 is 1.62 bits per heavy atom. The molecular formula is C22H32O2. The molecule has 132 valence electrons. The van der Waals surface area contributed by atoms with Crippen LogP contribution in [0.4, 0.5) is 0 Å². The lowest BCUT2D eigenvalue weighted by Gasteiger charge is -2.43. The highest BCUT2D eigenvalue weighted by molar-refractivity contribution is 5.64. The zero-order valence-corrected chi connectivity index (χ0v) is 16.3. The van der Waals surface area contributed by atoms with Gasteiger partial charge in [-0.3, -0.25) is 0 Å². The van der Waals surface area contributed by atoms with Crippen LogP contribution in [-0.4, -0.2) is 14.2 Å². The average molecular weight is 328 g/mol. The van der Waals surface area contributed by atoms with Gasteiger partial charge in [-0.1, -0.05) is 25.5 Å². The van der Waals surface area contributed by atoms with Gasteiger partial charge in [-0.25, -0.2) is 0 Å². The number of hydrogen-bond donors (Lipinski definition) is 0. The van der Waals surface area contributed by atoms with Crippen LogP contribution in [0.25, 0.3) is 0 Å². The van der Waals surface area contributed by atoms with E-state index in [1.807, 2.05) is 0 Å². The Morgan fingerprint density at radius 1 is 0.958 bits per heavy atom. The first-order valence-electron chi connectivity index (χ1n) is 9.33. The van der Waals surface area contributed by atoms with E-state index in [1.54, 1.807) is 19.8 Å². The van der Waals surface area contributed by atoms with Gasteiger partial charge in [0.1, 0.15) is 0 Å². The molecule has 2 aliphatic rings. The van der Waals surface area contributed by atoms with Crippen molar-refractivity contribution in [3.8, 4) is 11.5 Å². The summed E-state index contributed by atoms with van der Waals surface area (Å²) in [7, 11) is 3.56. The van der Waals surface area contributed by atoms with Crippen molar-refractivity contribution < 1.29 is 9.47 Å². The molecule has 0 bridgehead atoms. The van der Waals surface area contributed by atoms with Gasteiger partial charge in [-0.15, -0.1) is 0 Å². The van der Waals surface area contributed by atoms with Crippen LogP contribution in [0, 0.1) is 12.8 Å². The molecule has 0 saturated carbocycles. The van der Waals surface area contributed by atoms with E-state index >= 15 is 0 Å². The minimum atomic E-state index is 0.500. The van der Waals surface area contributed by atoms with Gasteiger partial charge in [0.2, 0.25) is 0 Å². The minimum Gasteiger partial charge on any atom is -0.493 e. The van der Waals surface area contributed by atoms with Gasteiger partial charge >= 0.3 is 0 Å². The van der Waals surface area contributed by atoms with Gasteiger partial charge in [-0.05, 0) is 74.5 Å². The Balaban J connectivity index is 2.37. The van der Waals surface area contributed by atoms with Crippen molar-refractivity contribution in [1.29, 1.82) is 0 Å². The maximum absolute atomic E-state index is 5.87. The molecule has 0 saturated heterocycles. The van der Waals surface area contributed by atoms with E-state index in [9.17, 15) is 0 Å². The maximum atomic E-state index is 5.87. The summed E-state index contributed by atoms with van der Waals surface area (Å²) in [5.41, 5.74) is 7.22. The predicted octanol–water partition coefficient (Wildman–Crippen LogP) is 6.08. The fourth-order valence-electron chi connectivity index (χ4n) is 5.22. The summed E-state index contributed by atoms with van der Waals surface area (Å²) < 4.78 is 11.7. The van der Waals surface area contributed by atoms with Crippen LogP contribution in [0.15, 0.2) is 11.6 Å². The molecule has 0 amide bonds. The number of ether oxygens (including phenoxy) is 2. The molecule has 0 aromatic heterocycles. The van der Waals surface area contributed by atoms with Crippen LogP contribution in [0.5, 0.6) is 11.5 Å². The second kappa shape index (κ2) is 6.46. The van der Waals surface area contributed by atoms with Crippen LogP contribution in [0.3, 0.4) is 0 Å². The molecule has 1 aromatic rings. The smallest absolute Gasteiger partial charge is 0.164 e. The standard InChI is InChI=1S/C22H32O2/c1-12(2)10-16-11-14(4)17-9-8-13(3)18-20(17)19(16)15(5)21(23-6)22(18)24-7/h10,13-14,16-17H,8-9,11H2,1-7H3/t13-,14-,16-,17+/m0/s1. The highest BCUT2D eigenvalue weighted by Crippen LogP contribution is 2.58. The third-order valence-corrected chi connectivity index (χ3v) is 6.18. The Labute approximate surface area is 147 Å². The lowest BCUT2D eigenvalue weighted by Crippen LogP contribution is -2.28. The Kier molecular flexibility index (Phi) is 4.68. The summed E-state index contributed by atoms with van der Waals surface area (Å²) in [6, 6.07) is 0. The summed E-state index contributed by atoms with van der Waals surface area (Å²) in [6.07, 6.45) is 6.25. The van der Waals surface area contributed by atoms with Crippen molar-refractivity contribution in [3.05, 3.63) is 33.9 Å². The minimum absolute atomic E-state index is 0.500.